The molecule has 0 saturated carbocycles. The van der Waals surface area contributed by atoms with E-state index in [1.165, 1.54) is 12.0 Å². The summed E-state index contributed by atoms with van der Waals surface area (Å²) in [7, 11) is 0. The number of hydrogen-bond donors (Lipinski definition) is 1. The molecule has 1 aliphatic rings. The molecule has 1 unspecified atom stereocenters. The van der Waals surface area contributed by atoms with Crippen molar-refractivity contribution in [1.29, 1.82) is 0 Å². The van der Waals surface area contributed by atoms with Crippen LogP contribution in [0.15, 0.2) is 46.9 Å². The number of nitrogens with zero attached hydrogens (tertiary/aromatic N) is 1. The SMILES string of the molecule is Clc1ccc(CNC2CCN(Cc3ccccc3)C2)o1. The molecule has 0 amide bonds. The molecule has 1 aliphatic heterocycles. The van der Waals surface area contributed by atoms with Crippen LogP contribution < -0.4 is 5.32 Å². The average molecular weight is 291 g/mol. The Hall–Kier alpha value is -1.29. The molecule has 1 aromatic carbocycles. The van der Waals surface area contributed by atoms with Gasteiger partial charge in [0.25, 0.3) is 0 Å². The van der Waals surface area contributed by atoms with Crippen molar-refractivity contribution in [2.75, 3.05) is 13.1 Å². The molecule has 0 spiro atoms. The van der Waals surface area contributed by atoms with Gasteiger partial charge in [0.1, 0.15) is 5.76 Å². The van der Waals surface area contributed by atoms with E-state index in [4.69, 9.17) is 16.0 Å². The number of halogens is 1. The van der Waals surface area contributed by atoms with E-state index in [1.54, 1.807) is 6.07 Å². The van der Waals surface area contributed by atoms with E-state index in [0.717, 1.165) is 31.9 Å². The normalized spacial score (nSPS) is 19.6. The van der Waals surface area contributed by atoms with Crippen molar-refractivity contribution in [1.82, 2.24) is 10.2 Å². The molecule has 20 heavy (non-hydrogen) atoms. The molecule has 1 atom stereocenters. The van der Waals surface area contributed by atoms with Gasteiger partial charge in [-0.1, -0.05) is 30.3 Å². The summed E-state index contributed by atoms with van der Waals surface area (Å²) < 4.78 is 5.36. The zero-order valence-electron chi connectivity index (χ0n) is 11.4. The summed E-state index contributed by atoms with van der Waals surface area (Å²) in [5.41, 5.74) is 1.38. The zero-order chi connectivity index (χ0) is 13.8. The summed E-state index contributed by atoms with van der Waals surface area (Å²) in [6.07, 6.45) is 1.18. The highest BCUT2D eigenvalue weighted by molar-refractivity contribution is 6.28. The second-order valence-electron chi connectivity index (χ2n) is 5.29. The first-order valence-electron chi connectivity index (χ1n) is 7.03. The highest BCUT2D eigenvalue weighted by atomic mass is 35.5. The lowest BCUT2D eigenvalue weighted by Crippen LogP contribution is -2.31. The van der Waals surface area contributed by atoms with Gasteiger partial charge in [-0.25, -0.2) is 0 Å². The van der Waals surface area contributed by atoms with Crippen LogP contribution in [0, 0.1) is 0 Å². The Morgan fingerprint density at radius 3 is 2.80 bits per heavy atom. The first-order chi connectivity index (χ1) is 9.79. The smallest absolute Gasteiger partial charge is 0.193 e. The molecule has 1 N–H and O–H groups in total. The van der Waals surface area contributed by atoms with Gasteiger partial charge in [0.05, 0.1) is 6.54 Å². The second-order valence-corrected chi connectivity index (χ2v) is 5.67. The number of likely N-dealkylation sites (tertiary alicyclic amines) is 1. The largest absolute Gasteiger partial charge is 0.448 e. The Balaban J connectivity index is 1.45. The van der Waals surface area contributed by atoms with Gasteiger partial charge in [0.2, 0.25) is 0 Å². The molecule has 0 bridgehead atoms. The summed E-state index contributed by atoms with van der Waals surface area (Å²) >= 11 is 5.77. The van der Waals surface area contributed by atoms with Crippen molar-refractivity contribution >= 4 is 11.6 Å². The van der Waals surface area contributed by atoms with E-state index in [-0.39, 0.29) is 0 Å². The summed E-state index contributed by atoms with van der Waals surface area (Å²) in [4.78, 5) is 2.49. The molecule has 106 valence electrons. The standard InChI is InChI=1S/C16H19ClN2O/c17-16-7-6-15(20-16)10-18-14-8-9-19(12-14)11-13-4-2-1-3-5-13/h1-7,14,18H,8-12H2. The fraction of sp³-hybridized carbons (Fsp3) is 0.375. The van der Waals surface area contributed by atoms with Crippen molar-refractivity contribution in [2.45, 2.75) is 25.6 Å². The monoisotopic (exact) mass is 290 g/mol. The summed E-state index contributed by atoms with van der Waals surface area (Å²) in [5.74, 6) is 0.900. The molecule has 1 fully saturated rings. The number of furan rings is 1. The lowest BCUT2D eigenvalue weighted by atomic mass is 10.2. The number of benzene rings is 1. The van der Waals surface area contributed by atoms with E-state index >= 15 is 0 Å². The fourth-order valence-electron chi connectivity index (χ4n) is 2.68. The van der Waals surface area contributed by atoms with E-state index in [9.17, 15) is 0 Å². The van der Waals surface area contributed by atoms with Crippen LogP contribution in [0.1, 0.15) is 17.7 Å². The van der Waals surface area contributed by atoms with Crippen LogP contribution in [0.3, 0.4) is 0 Å². The van der Waals surface area contributed by atoms with Gasteiger partial charge in [-0.05, 0) is 35.7 Å². The maximum Gasteiger partial charge on any atom is 0.193 e. The average Bonchev–Trinajstić information content (AvgIpc) is 3.07. The molecule has 3 nitrogen and oxygen atoms in total. The third-order valence-electron chi connectivity index (χ3n) is 3.72. The first-order valence-corrected chi connectivity index (χ1v) is 7.41. The maximum atomic E-state index is 5.77. The summed E-state index contributed by atoms with van der Waals surface area (Å²) in [6.45, 7) is 4.01. The highest BCUT2D eigenvalue weighted by Crippen LogP contribution is 2.16. The van der Waals surface area contributed by atoms with Crippen LogP contribution in [-0.2, 0) is 13.1 Å². The van der Waals surface area contributed by atoms with Gasteiger partial charge in [0, 0.05) is 25.7 Å². The van der Waals surface area contributed by atoms with Crippen LogP contribution in [0.4, 0.5) is 0 Å². The van der Waals surface area contributed by atoms with Gasteiger partial charge < -0.3 is 9.73 Å². The van der Waals surface area contributed by atoms with Crippen LogP contribution in [0.25, 0.3) is 0 Å². The number of hydrogen-bond acceptors (Lipinski definition) is 3. The molecule has 0 aliphatic carbocycles. The van der Waals surface area contributed by atoms with E-state index in [0.29, 0.717) is 11.3 Å². The molecular weight excluding hydrogens is 272 g/mol. The van der Waals surface area contributed by atoms with Crippen molar-refractivity contribution in [3.05, 3.63) is 59.0 Å². The first kappa shape index (κ1) is 13.7. The minimum absolute atomic E-state index is 0.457. The maximum absolute atomic E-state index is 5.77. The van der Waals surface area contributed by atoms with Crippen LogP contribution in [0.2, 0.25) is 5.22 Å². The zero-order valence-corrected chi connectivity index (χ0v) is 12.1. The molecule has 4 heteroatoms. The van der Waals surface area contributed by atoms with E-state index in [2.05, 4.69) is 40.5 Å². The predicted octanol–water partition coefficient (Wildman–Crippen LogP) is 3.30. The lowest BCUT2D eigenvalue weighted by molar-refractivity contribution is 0.318. The Labute approximate surface area is 124 Å². The van der Waals surface area contributed by atoms with Crippen LogP contribution >= 0.6 is 11.6 Å². The highest BCUT2D eigenvalue weighted by Gasteiger charge is 2.22. The fourth-order valence-corrected chi connectivity index (χ4v) is 2.84. The summed E-state index contributed by atoms with van der Waals surface area (Å²) in [5, 5.41) is 3.99. The molecule has 1 aromatic heterocycles. The van der Waals surface area contributed by atoms with Crippen molar-refractivity contribution in [3.8, 4) is 0 Å². The second kappa shape index (κ2) is 6.44. The third-order valence-corrected chi connectivity index (χ3v) is 3.92. The lowest BCUT2D eigenvalue weighted by Gasteiger charge is -2.16. The molecule has 0 radical (unpaired) electrons. The van der Waals surface area contributed by atoms with E-state index in [1.807, 2.05) is 6.07 Å². The minimum Gasteiger partial charge on any atom is -0.448 e. The molecule has 2 aromatic rings. The number of rotatable bonds is 5. The number of nitrogens with one attached hydrogen (secondary N) is 1. The topological polar surface area (TPSA) is 28.4 Å². The van der Waals surface area contributed by atoms with Gasteiger partial charge in [-0.3, -0.25) is 4.90 Å². The molecule has 1 saturated heterocycles. The van der Waals surface area contributed by atoms with E-state index < -0.39 is 0 Å². The minimum atomic E-state index is 0.457. The van der Waals surface area contributed by atoms with Crippen molar-refractivity contribution in [3.63, 3.8) is 0 Å². The van der Waals surface area contributed by atoms with Gasteiger partial charge in [-0.2, -0.15) is 0 Å². The van der Waals surface area contributed by atoms with Crippen molar-refractivity contribution < 1.29 is 4.42 Å². The van der Waals surface area contributed by atoms with Crippen molar-refractivity contribution in [2.24, 2.45) is 0 Å². The Morgan fingerprint density at radius 2 is 2.05 bits per heavy atom. The Kier molecular flexibility index (Phi) is 4.41. The van der Waals surface area contributed by atoms with Gasteiger partial charge in [0.15, 0.2) is 5.22 Å². The van der Waals surface area contributed by atoms with Crippen LogP contribution in [-0.4, -0.2) is 24.0 Å². The predicted molar refractivity (Wildman–Crippen MR) is 80.7 cm³/mol. The molecule has 2 heterocycles. The van der Waals surface area contributed by atoms with Gasteiger partial charge >= 0.3 is 0 Å². The van der Waals surface area contributed by atoms with Gasteiger partial charge in [-0.15, -0.1) is 0 Å². The molecular formula is C16H19ClN2O. The Bertz CT molecular complexity index is 540. The quantitative estimate of drug-likeness (QED) is 0.916. The third kappa shape index (κ3) is 3.63. The summed E-state index contributed by atoms with van der Waals surface area (Å²) in [6, 6.07) is 14.9. The van der Waals surface area contributed by atoms with Crippen LogP contribution in [0.5, 0.6) is 0 Å². The molecule has 3 rings (SSSR count). The Morgan fingerprint density at radius 1 is 1.20 bits per heavy atom.